The summed E-state index contributed by atoms with van der Waals surface area (Å²) in [5.41, 5.74) is 1.34. The number of nitrogens with one attached hydrogen (secondary N) is 1. The first-order chi connectivity index (χ1) is 12.7. The van der Waals surface area contributed by atoms with Crippen LogP contribution in [0.4, 0.5) is 10.1 Å². The van der Waals surface area contributed by atoms with Crippen molar-refractivity contribution in [2.45, 2.75) is 24.8 Å². The zero-order valence-electron chi connectivity index (χ0n) is 15.0. The minimum absolute atomic E-state index is 0.133. The molecular weight excluding hydrogens is 373 g/mol. The van der Waals surface area contributed by atoms with Crippen LogP contribution in [0.3, 0.4) is 0 Å². The predicted molar refractivity (Wildman–Crippen MR) is 98.5 cm³/mol. The van der Waals surface area contributed by atoms with Gasteiger partial charge in [-0.2, -0.15) is 4.31 Å². The molecule has 0 aromatic heterocycles. The summed E-state index contributed by atoms with van der Waals surface area (Å²) in [6.45, 7) is 4.23. The molecule has 1 heterocycles. The van der Waals surface area contributed by atoms with Gasteiger partial charge in [0.05, 0.1) is 11.0 Å². The molecule has 9 heteroatoms. The number of sulfonamides is 1. The molecule has 1 atom stereocenters. The first-order valence-electron chi connectivity index (χ1n) is 8.45. The molecule has 1 unspecified atom stereocenters. The molecule has 0 saturated carbocycles. The average Bonchev–Trinajstić information content (AvgIpc) is 2.63. The van der Waals surface area contributed by atoms with E-state index in [0.717, 1.165) is 0 Å². The summed E-state index contributed by atoms with van der Waals surface area (Å²) in [7, 11) is -4.16. The maximum atomic E-state index is 13.7. The third-order valence-corrected chi connectivity index (χ3v) is 6.72. The number of benzene rings is 2. The van der Waals surface area contributed by atoms with Gasteiger partial charge in [0.2, 0.25) is 0 Å². The summed E-state index contributed by atoms with van der Waals surface area (Å²) in [6.07, 6.45) is 0. The lowest BCUT2D eigenvalue weighted by atomic mass is 10.1. The number of rotatable bonds is 4. The Bertz CT molecular complexity index is 994. The number of hydrogen-bond donors (Lipinski definition) is 1. The number of nitrogens with zero attached hydrogens (tertiary/aromatic N) is 2. The third kappa shape index (κ3) is 3.71. The zero-order valence-corrected chi connectivity index (χ0v) is 15.8. The molecule has 0 bridgehead atoms. The van der Waals surface area contributed by atoms with Crippen molar-refractivity contribution in [2.75, 3.05) is 19.6 Å². The van der Waals surface area contributed by atoms with Crippen LogP contribution < -0.4 is 5.32 Å². The van der Waals surface area contributed by atoms with Crippen molar-refractivity contribution in [1.29, 1.82) is 0 Å². The normalized spacial score (nSPS) is 18.4. The molecule has 7 nitrogen and oxygen atoms in total. The number of hydrogen-bond acceptors (Lipinski definition) is 5. The van der Waals surface area contributed by atoms with Gasteiger partial charge in [0.25, 0.3) is 15.7 Å². The van der Waals surface area contributed by atoms with Gasteiger partial charge in [-0.1, -0.05) is 12.1 Å². The number of piperazine rings is 1. The second-order valence-electron chi connectivity index (χ2n) is 6.55. The average molecular weight is 393 g/mol. The second kappa shape index (κ2) is 7.34. The summed E-state index contributed by atoms with van der Waals surface area (Å²) < 4.78 is 41.6. The van der Waals surface area contributed by atoms with Gasteiger partial charge in [0.15, 0.2) is 4.90 Å². The van der Waals surface area contributed by atoms with E-state index in [1.165, 1.54) is 34.6 Å². The van der Waals surface area contributed by atoms with E-state index in [-0.39, 0.29) is 11.4 Å². The Kier molecular flexibility index (Phi) is 5.27. The highest BCUT2D eigenvalue weighted by Gasteiger charge is 2.38. The summed E-state index contributed by atoms with van der Waals surface area (Å²) in [5, 5.41) is 14.6. The van der Waals surface area contributed by atoms with Gasteiger partial charge in [-0.05, 0) is 48.7 Å². The van der Waals surface area contributed by atoms with E-state index < -0.39 is 32.5 Å². The van der Waals surface area contributed by atoms with Crippen LogP contribution in [0.25, 0.3) is 0 Å². The molecule has 0 radical (unpaired) electrons. The van der Waals surface area contributed by atoms with E-state index in [2.05, 4.69) is 5.32 Å². The Morgan fingerprint density at radius 2 is 1.93 bits per heavy atom. The summed E-state index contributed by atoms with van der Waals surface area (Å²) in [5.74, 6) is -0.465. The van der Waals surface area contributed by atoms with Gasteiger partial charge in [0, 0.05) is 25.7 Å². The molecule has 1 fully saturated rings. The molecular formula is C18H20FN3O4S. The monoisotopic (exact) mass is 393 g/mol. The largest absolute Gasteiger partial charge is 0.313 e. The molecule has 1 aliphatic rings. The Labute approximate surface area is 157 Å². The number of nitro benzene ring substituents is 1. The van der Waals surface area contributed by atoms with Gasteiger partial charge in [-0.3, -0.25) is 10.1 Å². The van der Waals surface area contributed by atoms with Crippen molar-refractivity contribution in [2.24, 2.45) is 0 Å². The Hall–Kier alpha value is -2.36. The number of halogens is 1. The van der Waals surface area contributed by atoms with E-state index in [1.54, 1.807) is 19.9 Å². The van der Waals surface area contributed by atoms with Crippen molar-refractivity contribution >= 4 is 15.7 Å². The van der Waals surface area contributed by atoms with Crippen molar-refractivity contribution in [3.63, 3.8) is 0 Å². The predicted octanol–water partition coefficient (Wildman–Crippen LogP) is 2.69. The molecule has 3 rings (SSSR count). The molecule has 1 N–H and O–H groups in total. The molecule has 1 saturated heterocycles. The fraction of sp³-hybridized carbons (Fsp3) is 0.333. The SMILES string of the molecule is Cc1cc([N+](=O)[O-])c(S(=O)(=O)N2CCNCC2c2cccc(F)c2)cc1C. The molecule has 1 aliphatic heterocycles. The molecule has 2 aromatic rings. The zero-order chi connectivity index (χ0) is 19.8. The maximum absolute atomic E-state index is 13.7. The standard InChI is InChI=1S/C18H20FN3O4S/c1-12-8-16(22(23)24)18(9-13(12)2)27(25,26)21-7-6-20-11-17(21)14-4-3-5-15(19)10-14/h3-5,8-10,17,20H,6-7,11H2,1-2H3. The molecule has 2 aromatic carbocycles. The van der Waals surface area contributed by atoms with Crippen molar-refractivity contribution in [3.8, 4) is 0 Å². The first kappa shape index (κ1) is 19.4. The lowest BCUT2D eigenvalue weighted by Crippen LogP contribution is -2.48. The molecule has 144 valence electrons. The van der Waals surface area contributed by atoms with E-state index in [9.17, 15) is 22.9 Å². The minimum Gasteiger partial charge on any atom is -0.313 e. The smallest absolute Gasteiger partial charge is 0.289 e. The Balaban J connectivity index is 2.12. The van der Waals surface area contributed by atoms with Crippen molar-refractivity contribution < 1.29 is 17.7 Å². The van der Waals surface area contributed by atoms with Crippen molar-refractivity contribution in [1.82, 2.24) is 9.62 Å². The van der Waals surface area contributed by atoms with Crippen LogP contribution >= 0.6 is 0 Å². The molecule has 0 aliphatic carbocycles. The van der Waals surface area contributed by atoms with Crippen LogP contribution in [-0.4, -0.2) is 37.3 Å². The first-order valence-corrected chi connectivity index (χ1v) is 9.89. The summed E-state index contributed by atoms with van der Waals surface area (Å²) in [6, 6.07) is 7.71. The second-order valence-corrected chi connectivity index (χ2v) is 8.41. The van der Waals surface area contributed by atoms with E-state index >= 15 is 0 Å². The van der Waals surface area contributed by atoms with Gasteiger partial charge < -0.3 is 5.32 Å². The lowest BCUT2D eigenvalue weighted by molar-refractivity contribution is -0.387. The molecule has 0 amide bonds. The van der Waals surface area contributed by atoms with E-state index in [0.29, 0.717) is 29.8 Å². The van der Waals surface area contributed by atoms with E-state index in [1.807, 2.05) is 0 Å². The quantitative estimate of drug-likeness (QED) is 0.637. The molecule has 0 spiro atoms. The minimum atomic E-state index is -4.16. The Morgan fingerprint density at radius 3 is 2.59 bits per heavy atom. The highest BCUT2D eigenvalue weighted by Crippen LogP contribution is 2.34. The van der Waals surface area contributed by atoms with Crippen molar-refractivity contribution in [3.05, 3.63) is 69.0 Å². The van der Waals surface area contributed by atoms with Crippen LogP contribution in [0.5, 0.6) is 0 Å². The number of aryl methyl sites for hydroxylation is 2. The summed E-state index contributed by atoms with van der Waals surface area (Å²) >= 11 is 0. The fourth-order valence-electron chi connectivity index (χ4n) is 3.22. The van der Waals surface area contributed by atoms with Gasteiger partial charge in [-0.25, -0.2) is 12.8 Å². The van der Waals surface area contributed by atoms with Crippen LogP contribution in [0.1, 0.15) is 22.7 Å². The van der Waals surface area contributed by atoms with Gasteiger partial charge in [-0.15, -0.1) is 0 Å². The van der Waals surface area contributed by atoms with Crippen LogP contribution in [0, 0.1) is 29.8 Å². The van der Waals surface area contributed by atoms with Crippen LogP contribution in [-0.2, 0) is 10.0 Å². The van der Waals surface area contributed by atoms with Gasteiger partial charge in [0.1, 0.15) is 5.82 Å². The maximum Gasteiger partial charge on any atom is 0.289 e. The fourth-order valence-corrected chi connectivity index (χ4v) is 5.06. The highest BCUT2D eigenvalue weighted by atomic mass is 32.2. The lowest BCUT2D eigenvalue weighted by Gasteiger charge is -2.35. The topological polar surface area (TPSA) is 92.5 Å². The van der Waals surface area contributed by atoms with Crippen LogP contribution in [0.15, 0.2) is 41.3 Å². The number of nitro groups is 1. The van der Waals surface area contributed by atoms with Gasteiger partial charge >= 0.3 is 0 Å². The van der Waals surface area contributed by atoms with E-state index in [4.69, 9.17) is 0 Å². The third-order valence-electron chi connectivity index (χ3n) is 4.79. The molecule has 27 heavy (non-hydrogen) atoms. The highest BCUT2D eigenvalue weighted by molar-refractivity contribution is 7.89. The summed E-state index contributed by atoms with van der Waals surface area (Å²) in [4.78, 5) is 10.5. The Morgan fingerprint density at radius 1 is 1.22 bits per heavy atom. The van der Waals surface area contributed by atoms with Crippen LogP contribution in [0.2, 0.25) is 0 Å².